The first-order valence-electron chi connectivity index (χ1n) is 10.0. The van der Waals surface area contributed by atoms with E-state index in [0.29, 0.717) is 0 Å². The minimum Gasteiger partial charge on any atom is -0.374 e. The van der Waals surface area contributed by atoms with Gasteiger partial charge in [-0.1, -0.05) is 53.9 Å². The van der Waals surface area contributed by atoms with E-state index in [4.69, 9.17) is 0 Å². The van der Waals surface area contributed by atoms with Gasteiger partial charge in [-0.3, -0.25) is 0 Å². The quantitative estimate of drug-likeness (QED) is 0.411. The Labute approximate surface area is 139 Å². The lowest BCUT2D eigenvalue weighted by Crippen LogP contribution is -2.29. The molecule has 22 heavy (non-hydrogen) atoms. The van der Waals surface area contributed by atoms with Gasteiger partial charge < -0.3 is 4.90 Å². The Bertz CT molecular complexity index is 364. The molecule has 0 heterocycles. The molecular formula is C21H39N. The average molecular weight is 306 g/mol. The Kier molecular flexibility index (Phi) is 6.84. The second-order valence-corrected chi connectivity index (χ2v) is 8.39. The Morgan fingerprint density at radius 3 is 2.27 bits per heavy atom. The molecule has 2 aliphatic rings. The molecule has 1 nitrogen and oxygen atoms in total. The van der Waals surface area contributed by atoms with Gasteiger partial charge >= 0.3 is 0 Å². The number of nitrogens with zero attached hydrogens (tertiary/aromatic N) is 1. The lowest BCUT2D eigenvalue weighted by molar-refractivity contribution is 0.260. The van der Waals surface area contributed by atoms with Crippen molar-refractivity contribution in [2.45, 2.75) is 86.0 Å². The van der Waals surface area contributed by atoms with Gasteiger partial charge in [-0.25, -0.2) is 0 Å². The van der Waals surface area contributed by atoms with Gasteiger partial charge in [-0.15, -0.1) is 0 Å². The van der Waals surface area contributed by atoms with E-state index in [-0.39, 0.29) is 0 Å². The molecule has 0 aliphatic heterocycles. The number of unbranched alkanes of at least 4 members (excludes halogenated alkanes) is 1. The fraction of sp³-hybridized carbons (Fsp3) is 0.905. The second-order valence-electron chi connectivity index (χ2n) is 8.39. The predicted octanol–water partition coefficient (Wildman–Crippen LogP) is 6.25. The van der Waals surface area contributed by atoms with Gasteiger partial charge in [0, 0.05) is 25.2 Å². The molecular weight excluding hydrogens is 266 g/mol. The summed E-state index contributed by atoms with van der Waals surface area (Å²) < 4.78 is 0. The zero-order chi connectivity index (χ0) is 16.1. The van der Waals surface area contributed by atoms with Crippen LogP contribution >= 0.6 is 0 Å². The zero-order valence-corrected chi connectivity index (χ0v) is 15.8. The van der Waals surface area contributed by atoms with Crippen LogP contribution in [0.15, 0.2) is 11.3 Å². The molecule has 1 fully saturated rings. The second kappa shape index (κ2) is 8.41. The molecule has 1 heteroatoms. The van der Waals surface area contributed by atoms with Gasteiger partial charge in [0.05, 0.1) is 0 Å². The van der Waals surface area contributed by atoms with Gasteiger partial charge in [0.15, 0.2) is 0 Å². The third-order valence-corrected chi connectivity index (χ3v) is 5.54. The van der Waals surface area contributed by atoms with E-state index in [9.17, 15) is 0 Å². The molecule has 0 aromatic carbocycles. The lowest BCUT2D eigenvalue weighted by atomic mass is 9.94. The minimum absolute atomic E-state index is 0.779. The van der Waals surface area contributed by atoms with Crippen molar-refractivity contribution >= 4 is 0 Å². The monoisotopic (exact) mass is 305 g/mol. The summed E-state index contributed by atoms with van der Waals surface area (Å²) in [4.78, 5) is 2.78. The summed E-state index contributed by atoms with van der Waals surface area (Å²) in [5, 5.41) is 0. The summed E-state index contributed by atoms with van der Waals surface area (Å²) in [5.74, 6) is 3.60. The van der Waals surface area contributed by atoms with E-state index in [2.05, 4.69) is 39.5 Å². The molecule has 0 amide bonds. The molecule has 0 bridgehead atoms. The molecule has 2 aliphatic carbocycles. The Morgan fingerprint density at radius 1 is 1.00 bits per heavy atom. The summed E-state index contributed by atoms with van der Waals surface area (Å²) in [6, 6.07) is 0. The van der Waals surface area contributed by atoms with Crippen LogP contribution in [0.2, 0.25) is 0 Å². The lowest BCUT2D eigenvalue weighted by Gasteiger charge is -2.27. The van der Waals surface area contributed by atoms with Gasteiger partial charge in [0.25, 0.3) is 0 Å². The third kappa shape index (κ3) is 5.32. The first-order valence-corrected chi connectivity index (χ1v) is 10.0. The molecule has 0 radical (unpaired) electrons. The van der Waals surface area contributed by atoms with Crippen molar-refractivity contribution in [1.82, 2.24) is 4.90 Å². The van der Waals surface area contributed by atoms with Crippen LogP contribution in [0, 0.1) is 23.7 Å². The summed E-state index contributed by atoms with van der Waals surface area (Å²) >= 11 is 0. The third-order valence-electron chi connectivity index (χ3n) is 5.54. The largest absolute Gasteiger partial charge is 0.374 e. The molecule has 2 rings (SSSR count). The number of rotatable bonds is 12. The SMILES string of the molecule is CCCCC(CCC)C1=C(N(CC(C)C)CC(C)C2CC2)C1. The van der Waals surface area contributed by atoms with Crippen molar-refractivity contribution in [2.24, 2.45) is 23.7 Å². The molecule has 2 atom stereocenters. The highest BCUT2D eigenvalue weighted by molar-refractivity contribution is 5.36. The molecule has 0 N–H and O–H groups in total. The van der Waals surface area contributed by atoms with Crippen molar-refractivity contribution in [2.75, 3.05) is 13.1 Å². The topological polar surface area (TPSA) is 3.24 Å². The molecule has 0 saturated heterocycles. The molecule has 0 spiro atoms. The van der Waals surface area contributed by atoms with Crippen molar-refractivity contribution in [3.05, 3.63) is 11.3 Å². The Morgan fingerprint density at radius 2 is 1.73 bits per heavy atom. The van der Waals surface area contributed by atoms with Crippen LogP contribution in [0.5, 0.6) is 0 Å². The molecule has 0 aromatic heterocycles. The Balaban J connectivity index is 1.97. The Hall–Kier alpha value is -0.460. The van der Waals surface area contributed by atoms with Crippen LogP contribution in [0.4, 0.5) is 0 Å². The first kappa shape index (κ1) is 17.9. The standard InChI is InChI=1S/C21H39N/c1-6-8-10-19(9-7-2)20-13-21(20)22(14-16(3)4)15-17(5)18-11-12-18/h16-19H,6-15H2,1-5H3. The van der Waals surface area contributed by atoms with Crippen molar-refractivity contribution in [3.63, 3.8) is 0 Å². The van der Waals surface area contributed by atoms with Gasteiger partial charge in [-0.2, -0.15) is 0 Å². The molecule has 0 aromatic rings. The van der Waals surface area contributed by atoms with E-state index < -0.39 is 0 Å². The van der Waals surface area contributed by atoms with E-state index in [0.717, 1.165) is 23.7 Å². The molecule has 2 unspecified atom stereocenters. The molecule has 128 valence electrons. The smallest absolute Gasteiger partial charge is 0.0203 e. The maximum Gasteiger partial charge on any atom is 0.0203 e. The van der Waals surface area contributed by atoms with E-state index >= 15 is 0 Å². The van der Waals surface area contributed by atoms with E-state index in [1.807, 2.05) is 5.57 Å². The normalized spacial score (nSPS) is 20.5. The highest BCUT2D eigenvalue weighted by Gasteiger charge is 2.35. The van der Waals surface area contributed by atoms with Crippen LogP contribution < -0.4 is 0 Å². The van der Waals surface area contributed by atoms with E-state index in [1.165, 1.54) is 64.5 Å². The zero-order valence-electron chi connectivity index (χ0n) is 15.8. The van der Waals surface area contributed by atoms with Crippen molar-refractivity contribution < 1.29 is 0 Å². The number of allylic oxidation sites excluding steroid dienone is 2. The fourth-order valence-corrected chi connectivity index (χ4v) is 4.02. The first-order chi connectivity index (χ1) is 10.6. The van der Waals surface area contributed by atoms with Gasteiger partial charge in [-0.05, 0) is 54.9 Å². The summed E-state index contributed by atoms with van der Waals surface area (Å²) in [7, 11) is 0. The fourth-order valence-electron chi connectivity index (χ4n) is 4.02. The number of hydrogen-bond acceptors (Lipinski definition) is 1. The minimum atomic E-state index is 0.779. The van der Waals surface area contributed by atoms with Crippen LogP contribution in [-0.2, 0) is 0 Å². The molecule has 1 saturated carbocycles. The average Bonchev–Trinajstić information content (AvgIpc) is 3.35. The highest BCUT2D eigenvalue weighted by atomic mass is 15.2. The van der Waals surface area contributed by atoms with Crippen LogP contribution in [0.3, 0.4) is 0 Å². The van der Waals surface area contributed by atoms with Crippen LogP contribution in [-0.4, -0.2) is 18.0 Å². The van der Waals surface area contributed by atoms with Gasteiger partial charge in [0.1, 0.15) is 0 Å². The van der Waals surface area contributed by atoms with Crippen LogP contribution in [0.25, 0.3) is 0 Å². The summed E-state index contributed by atoms with van der Waals surface area (Å²) in [6.07, 6.45) is 11.2. The van der Waals surface area contributed by atoms with Crippen molar-refractivity contribution in [3.8, 4) is 0 Å². The predicted molar refractivity (Wildman–Crippen MR) is 97.9 cm³/mol. The van der Waals surface area contributed by atoms with Gasteiger partial charge in [0.2, 0.25) is 0 Å². The summed E-state index contributed by atoms with van der Waals surface area (Å²) in [6.45, 7) is 14.5. The maximum absolute atomic E-state index is 2.78. The maximum atomic E-state index is 2.78. The van der Waals surface area contributed by atoms with E-state index in [1.54, 1.807) is 5.70 Å². The van der Waals surface area contributed by atoms with Crippen molar-refractivity contribution in [1.29, 1.82) is 0 Å². The van der Waals surface area contributed by atoms with Crippen LogP contribution in [0.1, 0.15) is 86.0 Å². The highest BCUT2D eigenvalue weighted by Crippen LogP contribution is 2.45. The summed E-state index contributed by atoms with van der Waals surface area (Å²) in [5.41, 5.74) is 3.58. The number of hydrogen-bond donors (Lipinski definition) is 0.